The van der Waals surface area contributed by atoms with Gasteiger partial charge in [-0.25, -0.2) is 4.68 Å². The Balaban J connectivity index is 1.55. The molecule has 0 aliphatic carbocycles. The Hall–Kier alpha value is -3.00. The number of nitrogens with one attached hydrogen (secondary N) is 2. The highest BCUT2D eigenvalue weighted by Gasteiger charge is 2.37. The van der Waals surface area contributed by atoms with Crippen LogP contribution in [0.4, 0.5) is 0 Å². The fraction of sp³-hybridized carbons (Fsp3) is 0.318. The first-order valence-corrected chi connectivity index (χ1v) is 10.8. The lowest BCUT2D eigenvalue weighted by molar-refractivity contribution is -0.121. The van der Waals surface area contributed by atoms with E-state index in [2.05, 4.69) is 20.9 Å². The average Bonchev–Trinajstić information content (AvgIpc) is 3.13. The zero-order valence-corrected chi connectivity index (χ0v) is 18.1. The Bertz CT molecular complexity index is 1020. The molecule has 2 atom stereocenters. The molecule has 0 bridgehead atoms. The molecule has 30 heavy (non-hydrogen) atoms. The molecular weight excluding hydrogens is 398 g/mol. The molecule has 1 amide bonds. The van der Waals surface area contributed by atoms with Crippen molar-refractivity contribution in [3.8, 4) is 5.75 Å². The summed E-state index contributed by atoms with van der Waals surface area (Å²) in [6.07, 6.45) is 0. The molecule has 156 valence electrons. The number of rotatable bonds is 6. The second kappa shape index (κ2) is 8.79. The fourth-order valence-corrected chi connectivity index (χ4v) is 4.49. The first kappa shape index (κ1) is 20.3. The highest BCUT2D eigenvalue weighted by Crippen LogP contribution is 2.37. The lowest BCUT2D eigenvalue weighted by Crippen LogP contribution is -2.44. The minimum atomic E-state index is -0.385. The van der Waals surface area contributed by atoms with Crippen LogP contribution in [0.3, 0.4) is 0 Å². The van der Waals surface area contributed by atoms with Crippen molar-refractivity contribution in [1.82, 2.24) is 20.2 Å². The molecule has 3 aromatic rings. The van der Waals surface area contributed by atoms with Gasteiger partial charge in [0.15, 0.2) is 0 Å². The zero-order valence-electron chi connectivity index (χ0n) is 17.3. The monoisotopic (exact) mass is 423 g/mol. The van der Waals surface area contributed by atoms with E-state index in [-0.39, 0.29) is 17.2 Å². The standard InChI is InChI=1S/C22H25N5O2S/c1-4-29-18-11-9-17(10-12-18)19-20(30-22-25-24-15(3)27(22)26-19)21(28)23-13-16-7-5-14(2)6-8-16/h5-12,19-20,26H,4,13H2,1-3H3,(H,23,28)/t19-,20+/m0/s1. The van der Waals surface area contributed by atoms with E-state index in [0.29, 0.717) is 18.3 Å². The summed E-state index contributed by atoms with van der Waals surface area (Å²) in [6.45, 7) is 6.99. The van der Waals surface area contributed by atoms with Gasteiger partial charge in [0.25, 0.3) is 0 Å². The van der Waals surface area contributed by atoms with E-state index in [1.807, 2.05) is 74.0 Å². The molecule has 4 rings (SSSR count). The van der Waals surface area contributed by atoms with Crippen LogP contribution in [0.15, 0.2) is 53.7 Å². The summed E-state index contributed by atoms with van der Waals surface area (Å²) in [4.78, 5) is 13.2. The molecule has 1 aliphatic heterocycles. The van der Waals surface area contributed by atoms with Crippen molar-refractivity contribution in [3.63, 3.8) is 0 Å². The number of aryl methyl sites for hydroxylation is 2. The largest absolute Gasteiger partial charge is 0.494 e. The summed E-state index contributed by atoms with van der Waals surface area (Å²) in [5.74, 6) is 1.53. The van der Waals surface area contributed by atoms with Gasteiger partial charge in [-0.15, -0.1) is 10.2 Å². The second-order valence-electron chi connectivity index (χ2n) is 7.22. The molecule has 0 spiro atoms. The van der Waals surface area contributed by atoms with Gasteiger partial charge in [-0.1, -0.05) is 53.7 Å². The summed E-state index contributed by atoms with van der Waals surface area (Å²) in [7, 11) is 0. The lowest BCUT2D eigenvalue weighted by Gasteiger charge is -2.32. The molecule has 0 radical (unpaired) electrons. The average molecular weight is 424 g/mol. The first-order valence-electron chi connectivity index (χ1n) is 9.96. The SMILES string of the molecule is CCOc1ccc([C@@H]2Nn3c(C)nnc3S[C@H]2C(=O)NCc2ccc(C)cc2)cc1. The summed E-state index contributed by atoms with van der Waals surface area (Å²) in [5, 5.41) is 11.7. The maximum atomic E-state index is 13.2. The van der Waals surface area contributed by atoms with Crippen LogP contribution in [0, 0.1) is 13.8 Å². The molecule has 0 saturated carbocycles. The van der Waals surface area contributed by atoms with Crippen molar-refractivity contribution in [2.24, 2.45) is 0 Å². The molecule has 7 nitrogen and oxygen atoms in total. The predicted molar refractivity (Wildman–Crippen MR) is 117 cm³/mol. The van der Waals surface area contributed by atoms with Gasteiger partial charge >= 0.3 is 0 Å². The maximum Gasteiger partial charge on any atom is 0.236 e. The molecule has 0 saturated heterocycles. The summed E-state index contributed by atoms with van der Waals surface area (Å²) in [5.41, 5.74) is 6.68. The number of benzene rings is 2. The smallest absolute Gasteiger partial charge is 0.236 e. The van der Waals surface area contributed by atoms with Crippen LogP contribution < -0.4 is 15.5 Å². The van der Waals surface area contributed by atoms with E-state index in [0.717, 1.165) is 22.7 Å². The van der Waals surface area contributed by atoms with Crippen molar-refractivity contribution in [1.29, 1.82) is 0 Å². The highest BCUT2D eigenvalue weighted by atomic mass is 32.2. The van der Waals surface area contributed by atoms with Gasteiger partial charge in [0.1, 0.15) is 16.8 Å². The second-order valence-corrected chi connectivity index (χ2v) is 8.32. The number of carbonyl (C=O) groups is 1. The Morgan fingerprint density at radius 1 is 1.13 bits per heavy atom. The molecule has 2 N–H and O–H groups in total. The van der Waals surface area contributed by atoms with Crippen molar-refractivity contribution in [2.45, 2.75) is 43.8 Å². The van der Waals surface area contributed by atoms with Gasteiger partial charge in [0, 0.05) is 6.54 Å². The van der Waals surface area contributed by atoms with Crippen molar-refractivity contribution in [2.75, 3.05) is 12.0 Å². The Morgan fingerprint density at radius 3 is 2.57 bits per heavy atom. The number of hydrogen-bond donors (Lipinski definition) is 2. The summed E-state index contributed by atoms with van der Waals surface area (Å²) in [6, 6.07) is 15.8. The van der Waals surface area contributed by atoms with E-state index in [1.54, 1.807) is 0 Å². The van der Waals surface area contributed by atoms with E-state index in [1.165, 1.54) is 17.3 Å². The van der Waals surface area contributed by atoms with Crippen LogP contribution in [0.2, 0.25) is 0 Å². The minimum absolute atomic E-state index is 0.0427. The Kier molecular flexibility index (Phi) is 5.94. The maximum absolute atomic E-state index is 13.2. The van der Waals surface area contributed by atoms with Crippen LogP contribution in [0.5, 0.6) is 5.75 Å². The van der Waals surface area contributed by atoms with Gasteiger partial charge in [0.2, 0.25) is 11.1 Å². The van der Waals surface area contributed by atoms with Crippen molar-refractivity contribution >= 4 is 17.7 Å². The number of thioether (sulfide) groups is 1. The minimum Gasteiger partial charge on any atom is -0.494 e. The van der Waals surface area contributed by atoms with Gasteiger partial charge < -0.3 is 15.5 Å². The molecule has 8 heteroatoms. The number of ether oxygens (including phenoxy) is 1. The Labute approximate surface area is 180 Å². The normalized spacial score (nSPS) is 17.7. The van der Waals surface area contributed by atoms with E-state index in [9.17, 15) is 4.79 Å². The topological polar surface area (TPSA) is 81.1 Å². The molecule has 1 aromatic heterocycles. The van der Waals surface area contributed by atoms with Crippen LogP contribution in [0.1, 0.15) is 35.5 Å². The van der Waals surface area contributed by atoms with Gasteiger partial charge in [-0.3, -0.25) is 4.79 Å². The van der Waals surface area contributed by atoms with Crippen LogP contribution in [-0.2, 0) is 11.3 Å². The van der Waals surface area contributed by atoms with Gasteiger partial charge in [-0.2, -0.15) is 0 Å². The van der Waals surface area contributed by atoms with Crippen LogP contribution in [0.25, 0.3) is 0 Å². The highest BCUT2D eigenvalue weighted by molar-refractivity contribution is 8.00. The number of fused-ring (bicyclic) bond motifs is 1. The quantitative estimate of drug-likeness (QED) is 0.633. The number of hydrogen-bond acceptors (Lipinski definition) is 6. The molecule has 2 heterocycles. The number of carbonyl (C=O) groups excluding carboxylic acids is 1. The third kappa shape index (κ3) is 4.28. The molecule has 2 aromatic carbocycles. The van der Waals surface area contributed by atoms with E-state index < -0.39 is 0 Å². The number of aromatic nitrogens is 3. The third-order valence-corrected chi connectivity index (χ3v) is 6.21. The van der Waals surface area contributed by atoms with Crippen molar-refractivity contribution in [3.05, 3.63) is 71.0 Å². The molecule has 0 unspecified atom stereocenters. The van der Waals surface area contributed by atoms with Gasteiger partial charge in [-0.05, 0) is 44.0 Å². The molecule has 0 fully saturated rings. The third-order valence-electron chi connectivity index (χ3n) is 4.99. The van der Waals surface area contributed by atoms with Crippen LogP contribution in [-0.4, -0.2) is 32.6 Å². The van der Waals surface area contributed by atoms with E-state index in [4.69, 9.17) is 4.74 Å². The van der Waals surface area contributed by atoms with E-state index >= 15 is 0 Å². The predicted octanol–water partition coefficient (Wildman–Crippen LogP) is 3.37. The van der Waals surface area contributed by atoms with Crippen molar-refractivity contribution < 1.29 is 9.53 Å². The molecular formula is C22H25N5O2S. The molecule has 1 aliphatic rings. The first-order chi connectivity index (χ1) is 14.5. The Morgan fingerprint density at radius 2 is 1.87 bits per heavy atom. The van der Waals surface area contributed by atoms with Gasteiger partial charge in [0.05, 0.1) is 12.6 Å². The number of amides is 1. The fourth-order valence-electron chi connectivity index (χ4n) is 3.34. The zero-order chi connectivity index (χ0) is 21.1. The van der Waals surface area contributed by atoms with Crippen LogP contribution >= 0.6 is 11.8 Å². The lowest BCUT2D eigenvalue weighted by atomic mass is 10.0. The summed E-state index contributed by atoms with van der Waals surface area (Å²) >= 11 is 1.42. The summed E-state index contributed by atoms with van der Waals surface area (Å²) < 4.78 is 7.39. The number of nitrogens with zero attached hydrogens (tertiary/aromatic N) is 3.